The highest BCUT2D eigenvalue weighted by atomic mass is 16.4. The fourth-order valence-electron chi connectivity index (χ4n) is 3.28. The Kier molecular flexibility index (Phi) is 10.3. The predicted octanol–water partition coefficient (Wildman–Crippen LogP) is 3.25. The minimum Gasteiger partial charge on any atom is -0.481 e. The standard InChI is InChI=1S/C20H32O5/c1-2-9-15(21)10-7-8-12-17-16(18(22)14-19(17)23)11-5-3-4-6-13-20(24)25/h3,5,8,12,15-17,19,21,23H,2,4,6-7,9-11,13-14H2,1H3,(H,24,25)/t15-,16+,17+,19+/m0/s1. The molecule has 1 saturated carbocycles. The number of aliphatic carboxylic acids is 1. The predicted molar refractivity (Wildman–Crippen MR) is 97.1 cm³/mol. The van der Waals surface area contributed by atoms with Gasteiger partial charge in [-0.1, -0.05) is 37.6 Å². The summed E-state index contributed by atoms with van der Waals surface area (Å²) in [5.41, 5.74) is 0. The maximum Gasteiger partial charge on any atom is 0.303 e. The number of hydrogen-bond donors (Lipinski definition) is 3. The van der Waals surface area contributed by atoms with Crippen LogP contribution in [0.5, 0.6) is 0 Å². The van der Waals surface area contributed by atoms with Crippen LogP contribution in [0.2, 0.25) is 0 Å². The van der Waals surface area contributed by atoms with Crippen molar-refractivity contribution in [2.45, 2.75) is 76.9 Å². The van der Waals surface area contributed by atoms with E-state index in [1.54, 1.807) is 0 Å². The Hall–Kier alpha value is -1.46. The Bertz CT molecular complexity index is 469. The van der Waals surface area contributed by atoms with Crippen LogP contribution < -0.4 is 0 Å². The smallest absolute Gasteiger partial charge is 0.303 e. The lowest BCUT2D eigenvalue weighted by Crippen LogP contribution is -2.18. The number of allylic oxidation sites excluding steroid dienone is 3. The molecule has 142 valence electrons. The number of aliphatic hydroxyl groups is 2. The normalized spacial score (nSPS) is 25.2. The first kappa shape index (κ1) is 21.6. The van der Waals surface area contributed by atoms with Gasteiger partial charge in [0.05, 0.1) is 12.2 Å². The van der Waals surface area contributed by atoms with Gasteiger partial charge in [0.15, 0.2) is 0 Å². The Morgan fingerprint density at radius 1 is 1.24 bits per heavy atom. The molecule has 1 fully saturated rings. The SMILES string of the molecule is CCC[C@H](O)CCC=C[C@H]1[C@H](O)CC(=O)[C@@H]1CC=CCCCC(=O)O. The number of carboxylic acid groups (broad SMARTS) is 1. The van der Waals surface area contributed by atoms with Gasteiger partial charge in [0.25, 0.3) is 0 Å². The van der Waals surface area contributed by atoms with Gasteiger partial charge in [-0.25, -0.2) is 0 Å². The third kappa shape index (κ3) is 8.45. The molecule has 1 aliphatic carbocycles. The van der Waals surface area contributed by atoms with Gasteiger partial charge in [0, 0.05) is 24.7 Å². The van der Waals surface area contributed by atoms with E-state index in [9.17, 15) is 19.8 Å². The lowest BCUT2D eigenvalue weighted by molar-refractivity contribution is -0.137. The molecular weight excluding hydrogens is 320 g/mol. The minimum absolute atomic E-state index is 0.0864. The molecular formula is C20H32O5. The third-order valence-corrected chi connectivity index (χ3v) is 4.70. The van der Waals surface area contributed by atoms with E-state index in [2.05, 4.69) is 0 Å². The van der Waals surface area contributed by atoms with Gasteiger partial charge in [-0.2, -0.15) is 0 Å². The van der Waals surface area contributed by atoms with Gasteiger partial charge < -0.3 is 15.3 Å². The van der Waals surface area contributed by atoms with Gasteiger partial charge >= 0.3 is 5.97 Å². The monoisotopic (exact) mass is 352 g/mol. The van der Waals surface area contributed by atoms with Crippen molar-refractivity contribution < 1.29 is 24.9 Å². The summed E-state index contributed by atoms with van der Waals surface area (Å²) in [6.07, 6.45) is 12.2. The molecule has 0 radical (unpaired) electrons. The quantitative estimate of drug-likeness (QED) is 0.370. The molecule has 0 aromatic rings. The molecule has 0 aromatic heterocycles. The number of hydrogen-bond acceptors (Lipinski definition) is 4. The van der Waals surface area contributed by atoms with Crippen molar-refractivity contribution in [3.05, 3.63) is 24.3 Å². The summed E-state index contributed by atoms with van der Waals surface area (Å²) in [5, 5.41) is 28.4. The summed E-state index contributed by atoms with van der Waals surface area (Å²) in [6, 6.07) is 0. The van der Waals surface area contributed by atoms with Crippen molar-refractivity contribution >= 4 is 11.8 Å². The molecule has 0 heterocycles. The number of Topliss-reactive ketones (excluding diaryl/α,β-unsaturated/α-hetero) is 1. The maximum atomic E-state index is 12.1. The Labute approximate surface area is 150 Å². The topological polar surface area (TPSA) is 94.8 Å². The van der Waals surface area contributed by atoms with Crippen molar-refractivity contribution in [1.82, 2.24) is 0 Å². The zero-order valence-corrected chi connectivity index (χ0v) is 15.1. The van der Waals surface area contributed by atoms with Crippen LogP contribution in [0.25, 0.3) is 0 Å². The number of unbranched alkanes of at least 4 members (excludes halogenated alkanes) is 1. The number of ketones is 1. The van der Waals surface area contributed by atoms with Crippen LogP contribution in [-0.4, -0.2) is 39.3 Å². The highest BCUT2D eigenvalue weighted by Crippen LogP contribution is 2.33. The molecule has 1 aliphatic rings. The van der Waals surface area contributed by atoms with Gasteiger partial charge in [-0.15, -0.1) is 0 Å². The first-order valence-electron chi connectivity index (χ1n) is 9.38. The summed E-state index contributed by atoms with van der Waals surface area (Å²) in [4.78, 5) is 22.5. The number of carbonyl (C=O) groups excluding carboxylic acids is 1. The molecule has 25 heavy (non-hydrogen) atoms. The second kappa shape index (κ2) is 12.0. The minimum atomic E-state index is -0.795. The zero-order chi connectivity index (χ0) is 18.7. The summed E-state index contributed by atoms with van der Waals surface area (Å²) in [5.74, 6) is -1.08. The molecule has 5 heteroatoms. The summed E-state index contributed by atoms with van der Waals surface area (Å²) in [6.45, 7) is 2.04. The molecule has 0 spiro atoms. The fraction of sp³-hybridized carbons (Fsp3) is 0.700. The molecule has 4 atom stereocenters. The number of rotatable bonds is 12. The van der Waals surface area contributed by atoms with Crippen LogP contribution in [0.4, 0.5) is 0 Å². The van der Waals surface area contributed by atoms with Crippen molar-refractivity contribution in [3.63, 3.8) is 0 Å². The molecule has 5 nitrogen and oxygen atoms in total. The lowest BCUT2D eigenvalue weighted by atomic mass is 9.90. The van der Waals surface area contributed by atoms with Crippen LogP contribution in [0.3, 0.4) is 0 Å². The summed E-state index contributed by atoms with van der Waals surface area (Å²) < 4.78 is 0. The fourth-order valence-corrected chi connectivity index (χ4v) is 3.28. The highest BCUT2D eigenvalue weighted by molar-refractivity contribution is 5.84. The van der Waals surface area contributed by atoms with Gasteiger partial charge in [0.1, 0.15) is 5.78 Å². The van der Waals surface area contributed by atoms with Gasteiger partial charge in [-0.05, 0) is 38.5 Å². The molecule has 0 saturated heterocycles. The van der Waals surface area contributed by atoms with E-state index in [0.29, 0.717) is 25.7 Å². The van der Waals surface area contributed by atoms with E-state index in [4.69, 9.17) is 5.11 Å². The molecule has 0 amide bonds. The maximum absolute atomic E-state index is 12.1. The first-order chi connectivity index (χ1) is 12.0. The van der Waals surface area contributed by atoms with Crippen LogP contribution in [-0.2, 0) is 9.59 Å². The van der Waals surface area contributed by atoms with E-state index in [1.165, 1.54) is 0 Å². The number of carbonyl (C=O) groups is 2. The Balaban J connectivity index is 2.43. The van der Waals surface area contributed by atoms with Crippen LogP contribution in [0.1, 0.15) is 64.7 Å². The molecule has 3 N–H and O–H groups in total. The zero-order valence-electron chi connectivity index (χ0n) is 15.1. The highest BCUT2D eigenvalue weighted by Gasteiger charge is 2.38. The third-order valence-electron chi connectivity index (χ3n) is 4.70. The summed E-state index contributed by atoms with van der Waals surface area (Å²) in [7, 11) is 0. The largest absolute Gasteiger partial charge is 0.481 e. The molecule has 0 bridgehead atoms. The van der Waals surface area contributed by atoms with Crippen molar-refractivity contribution in [2.24, 2.45) is 11.8 Å². The van der Waals surface area contributed by atoms with Crippen LogP contribution in [0.15, 0.2) is 24.3 Å². The Morgan fingerprint density at radius 2 is 2.00 bits per heavy atom. The number of carboxylic acids is 1. The lowest BCUT2D eigenvalue weighted by Gasteiger charge is -2.16. The second-order valence-electron chi connectivity index (χ2n) is 6.86. The van der Waals surface area contributed by atoms with Gasteiger partial charge in [-0.3, -0.25) is 9.59 Å². The molecule has 1 rings (SSSR count). The number of aliphatic hydroxyl groups excluding tert-OH is 2. The van der Waals surface area contributed by atoms with E-state index >= 15 is 0 Å². The Morgan fingerprint density at radius 3 is 2.68 bits per heavy atom. The van der Waals surface area contributed by atoms with Crippen molar-refractivity contribution in [2.75, 3.05) is 0 Å². The average molecular weight is 352 g/mol. The van der Waals surface area contributed by atoms with E-state index in [-0.39, 0.29) is 36.6 Å². The van der Waals surface area contributed by atoms with E-state index in [0.717, 1.165) is 19.3 Å². The average Bonchev–Trinajstić information content (AvgIpc) is 2.81. The molecule has 0 unspecified atom stereocenters. The van der Waals surface area contributed by atoms with Crippen molar-refractivity contribution in [1.29, 1.82) is 0 Å². The first-order valence-corrected chi connectivity index (χ1v) is 9.38. The molecule has 0 aromatic carbocycles. The van der Waals surface area contributed by atoms with Crippen LogP contribution >= 0.6 is 0 Å². The van der Waals surface area contributed by atoms with Crippen LogP contribution in [0, 0.1) is 11.8 Å². The summed E-state index contributed by atoms with van der Waals surface area (Å²) >= 11 is 0. The van der Waals surface area contributed by atoms with E-state index < -0.39 is 12.1 Å². The molecule has 0 aliphatic heterocycles. The second-order valence-corrected chi connectivity index (χ2v) is 6.86. The van der Waals surface area contributed by atoms with E-state index in [1.807, 2.05) is 31.2 Å². The van der Waals surface area contributed by atoms with Gasteiger partial charge in [0.2, 0.25) is 0 Å². The van der Waals surface area contributed by atoms with Crippen molar-refractivity contribution in [3.8, 4) is 0 Å².